The van der Waals surface area contributed by atoms with Crippen molar-refractivity contribution in [1.29, 1.82) is 0 Å². The molecule has 1 unspecified atom stereocenters. The number of aryl methyl sites for hydroxylation is 1. The minimum atomic E-state index is -3.55. The standard InChI is InChI=1S/C11H16N2O3S/c1-8-5-4-6-10(7-8)13(17(3,15)16)9(2)11(12)14/h4-7,9H,1-3H3,(H2,12,14). The van der Waals surface area contributed by atoms with Gasteiger partial charge in [-0.05, 0) is 31.5 Å². The molecule has 17 heavy (non-hydrogen) atoms. The number of hydrogen-bond donors (Lipinski definition) is 1. The van der Waals surface area contributed by atoms with Gasteiger partial charge in [0.2, 0.25) is 15.9 Å². The molecule has 0 spiro atoms. The fourth-order valence-corrected chi connectivity index (χ4v) is 2.76. The van der Waals surface area contributed by atoms with E-state index in [1.807, 2.05) is 13.0 Å². The lowest BCUT2D eigenvalue weighted by molar-refractivity contribution is -0.118. The van der Waals surface area contributed by atoms with Crippen LogP contribution in [0.1, 0.15) is 12.5 Å². The van der Waals surface area contributed by atoms with E-state index in [1.165, 1.54) is 6.92 Å². The third-order valence-corrected chi connectivity index (χ3v) is 3.62. The first kappa shape index (κ1) is 13.5. The highest BCUT2D eigenvalue weighted by Crippen LogP contribution is 2.21. The van der Waals surface area contributed by atoms with Gasteiger partial charge in [0.1, 0.15) is 6.04 Å². The Hall–Kier alpha value is -1.56. The molecule has 1 amide bonds. The lowest BCUT2D eigenvalue weighted by atomic mass is 10.2. The van der Waals surface area contributed by atoms with Crippen molar-refractivity contribution >= 4 is 21.6 Å². The summed E-state index contributed by atoms with van der Waals surface area (Å²) in [5.41, 5.74) is 6.52. The predicted molar refractivity (Wildman–Crippen MR) is 67.2 cm³/mol. The first-order valence-electron chi connectivity index (χ1n) is 5.09. The number of amides is 1. The normalized spacial score (nSPS) is 13.1. The van der Waals surface area contributed by atoms with Crippen molar-refractivity contribution in [2.75, 3.05) is 10.6 Å². The second-order valence-corrected chi connectivity index (χ2v) is 5.84. The molecule has 1 aromatic rings. The topological polar surface area (TPSA) is 80.5 Å². The van der Waals surface area contributed by atoms with Crippen LogP contribution in [0.15, 0.2) is 24.3 Å². The number of sulfonamides is 1. The highest BCUT2D eigenvalue weighted by atomic mass is 32.2. The minimum Gasteiger partial charge on any atom is -0.368 e. The minimum absolute atomic E-state index is 0.443. The van der Waals surface area contributed by atoms with Crippen molar-refractivity contribution in [2.24, 2.45) is 5.73 Å². The summed E-state index contributed by atoms with van der Waals surface area (Å²) in [6, 6.07) is 6.00. The largest absolute Gasteiger partial charge is 0.368 e. The quantitative estimate of drug-likeness (QED) is 0.858. The molecule has 0 radical (unpaired) electrons. The Balaban J connectivity index is 3.30. The van der Waals surface area contributed by atoms with Crippen LogP contribution in [0.5, 0.6) is 0 Å². The van der Waals surface area contributed by atoms with Gasteiger partial charge in [0.25, 0.3) is 0 Å². The lowest BCUT2D eigenvalue weighted by Gasteiger charge is -2.27. The second-order valence-electron chi connectivity index (χ2n) is 3.98. The maximum Gasteiger partial charge on any atom is 0.241 e. The summed E-state index contributed by atoms with van der Waals surface area (Å²) in [6.45, 7) is 3.31. The van der Waals surface area contributed by atoms with Crippen LogP contribution in [0.4, 0.5) is 5.69 Å². The average molecular weight is 256 g/mol. The summed E-state index contributed by atoms with van der Waals surface area (Å²) in [4.78, 5) is 11.2. The van der Waals surface area contributed by atoms with E-state index in [2.05, 4.69) is 0 Å². The molecule has 0 fully saturated rings. The molecule has 0 aromatic heterocycles. The van der Waals surface area contributed by atoms with Gasteiger partial charge in [0.15, 0.2) is 0 Å². The van der Waals surface area contributed by atoms with E-state index >= 15 is 0 Å². The summed E-state index contributed by atoms with van der Waals surface area (Å²) < 4.78 is 24.4. The summed E-state index contributed by atoms with van der Waals surface area (Å²) in [6.07, 6.45) is 1.05. The van der Waals surface area contributed by atoms with Gasteiger partial charge in [-0.1, -0.05) is 12.1 Å². The molecular weight excluding hydrogens is 240 g/mol. The van der Waals surface area contributed by atoms with Crippen LogP contribution in [0, 0.1) is 6.92 Å². The molecule has 0 saturated heterocycles. The SMILES string of the molecule is Cc1cccc(N(C(C)C(N)=O)S(C)(=O)=O)c1. The van der Waals surface area contributed by atoms with Crippen LogP contribution in [-0.2, 0) is 14.8 Å². The molecule has 2 N–H and O–H groups in total. The van der Waals surface area contributed by atoms with Crippen LogP contribution in [0.2, 0.25) is 0 Å². The van der Waals surface area contributed by atoms with E-state index in [0.717, 1.165) is 16.1 Å². The zero-order valence-electron chi connectivity index (χ0n) is 10.0. The third kappa shape index (κ3) is 3.20. The van der Waals surface area contributed by atoms with Crippen molar-refractivity contribution in [3.63, 3.8) is 0 Å². The van der Waals surface area contributed by atoms with Gasteiger partial charge in [-0.15, -0.1) is 0 Å². The van der Waals surface area contributed by atoms with Crippen molar-refractivity contribution in [3.8, 4) is 0 Å². The molecule has 0 heterocycles. The second kappa shape index (κ2) is 4.75. The van der Waals surface area contributed by atoms with Gasteiger partial charge in [0.05, 0.1) is 11.9 Å². The zero-order chi connectivity index (χ0) is 13.2. The number of benzene rings is 1. The van der Waals surface area contributed by atoms with E-state index in [-0.39, 0.29) is 0 Å². The molecule has 1 aromatic carbocycles. The third-order valence-electron chi connectivity index (χ3n) is 2.38. The van der Waals surface area contributed by atoms with Gasteiger partial charge in [-0.2, -0.15) is 0 Å². The number of rotatable bonds is 4. The van der Waals surface area contributed by atoms with Crippen molar-refractivity contribution < 1.29 is 13.2 Å². The summed E-state index contributed by atoms with van der Waals surface area (Å²) >= 11 is 0. The lowest BCUT2D eigenvalue weighted by Crippen LogP contribution is -2.45. The van der Waals surface area contributed by atoms with Gasteiger partial charge < -0.3 is 5.73 Å². The van der Waals surface area contributed by atoms with Gasteiger partial charge >= 0.3 is 0 Å². The molecular formula is C11H16N2O3S. The van der Waals surface area contributed by atoms with E-state index < -0.39 is 22.0 Å². The van der Waals surface area contributed by atoms with Crippen molar-refractivity contribution in [1.82, 2.24) is 0 Å². The molecule has 0 saturated carbocycles. The molecule has 0 aliphatic heterocycles. The number of carbonyl (C=O) groups excluding carboxylic acids is 1. The van der Waals surface area contributed by atoms with E-state index in [4.69, 9.17) is 5.73 Å². The van der Waals surface area contributed by atoms with Crippen molar-refractivity contribution in [2.45, 2.75) is 19.9 Å². The number of anilines is 1. The Morgan fingerprint density at radius 2 is 2.00 bits per heavy atom. The van der Waals surface area contributed by atoms with Crippen LogP contribution >= 0.6 is 0 Å². The molecule has 0 bridgehead atoms. The molecule has 94 valence electrons. The molecule has 1 rings (SSSR count). The first-order valence-corrected chi connectivity index (χ1v) is 6.93. The van der Waals surface area contributed by atoms with Crippen LogP contribution in [0.25, 0.3) is 0 Å². The molecule has 1 atom stereocenters. The van der Waals surface area contributed by atoms with Crippen molar-refractivity contribution in [3.05, 3.63) is 29.8 Å². The number of nitrogens with two attached hydrogens (primary N) is 1. The molecule has 0 aliphatic carbocycles. The van der Waals surface area contributed by atoms with E-state index in [9.17, 15) is 13.2 Å². The maximum atomic E-state index is 11.7. The monoisotopic (exact) mass is 256 g/mol. The number of hydrogen-bond acceptors (Lipinski definition) is 3. The van der Waals surface area contributed by atoms with E-state index in [0.29, 0.717) is 5.69 Å². The summed E-state index contributed by atoms with van der Waals surface area (Å²) in [5, 5.41) is 0. The van der Waals surface area contributed by atoms with Gasteiger partial charge in [0, 0.05) is 0 Å². The fourth-order valence-electron chi connectivity index (χ4n) is 1.58. The zero-order valence-corrected chi connectivity index (χ0v) is 10.9. The number of primary amides is 1. The Morgan fingerprint density at radius 1 is 1.41 bits per heavy atom. The number of carbonyl (C=O) groups is 1. The first-order chi connectivity index (χ1) is 7.73. The Labute approximate surface area is 101 Å². The summed E-state index contributed by atoms with van der Waals surface area (Å²) in [5.74, 6) is -0.683. The average Bonchev–Trinajstić information content (AvgIpc) is 2.15. The Morgan fingerprint density at radius 3 is 2.41 bits per heavy atom. The maximum absolute atomic E-state index is 11.7. The predicted octanol–water partition coefficient (Wildman–Crippen LogP) is 0.635. The smallest absolute Gasteiger partial charge is 0.241 e. The van der Waals surface area contributed by atoms with Gasteiger partial charge in [-0.25, -0.2) is 8.42 Å². The highest BCUT2D eigenvalue weighted by molar-refractivity contribution is 7.92. The Bertz CT molecular complexity index is 525. The molecule has 6 heteroatoms. The Kier molecular flexibility index (Phi) is 3.77. The van der Waals surface area contributed by atoms with Gasteiger partial charge in [-0.3, -0.25) is 9.10 Å². The van der Waals surface area contributed by atoms with E-state index in [1.54, 1.807) is 18.2 Å². The van der Waals surface area contributed by atoms with Crippen LogP contribution < -0.4 is 10.0 Å². The molecule has 5 nitrogen and oxygen atoms in total. The molecule has 0 aliphatic rings. The number of nitrogens with zero attached hydrogens (tertiary/aromatic N) is 1. The highest BCUT2D eigenvalue weighted by Gasteiger charge is 2.27. The fraction of sp³-hybridized carbons (Fsp3) is 0.364. The van der Waals surface area contributed by atoms with Crippen LogP contribution in [0.3, 0.4) is 0 Å². The summed E-state index contributed by atoms with van der Waals surface area (Å²) in [7, 11) is -3.55. The van der Waals surface area contributed by atoms with Crippen LogP contribution in [-0.4, -0.2) is 26.6 Å².